The molecule has 0 unspecified atom stereocenters. The Hall–Kier alpha value is -2.87. The molecule has 1 spiro atoms. The lowest BCUT2D eigenvalue weighted by atomic mass is 9.78. The minimum absolute atomic E-state index is 0.0314. The molecule has 1 aromatic carbocycles. The molecule has 9 heteroatoms. The van der Waals surface area contributed by atoms with Gasteiger partial charge in [0.05, 0.1) is 27.8 Å². The average Bonchev–Trinajstić information content (AvgIpc) is 2.98. The monoisotopic (exact) mass is 405 g/mol. The lowest BCUT2D eigenvalue weighted by Crippen LogP contribution is -2.42. The van der Waals surface area contributed by atoms with Gasteiger partial charge in [0.2, 0.25) is 0 Å². The molecule has 0 saturated heterocycles. The van der Waals surface area contributed by atoms with Crippen LogP contribution in [0.2, 0.25) is 5.02 Å². The maximum absolute atomic E-state index is 12.9. The Morgan fingerprint density at radius 2 is 2.14 bits per heavy atom. The van der Waals surface area contributed by atoms with E-state index in [-0.39, 0.29) is 21.9 Å². The Balaban J connectivity index is 1.72. The number of H-pyrrole nitrogens is 2. The molecule has 144 valence electrons. The van der Waals surface area contributed by atoms with Crippen molar-refractivity contribution in [1.29, 1.82) is 0 Å². The van der Waals surface area contributed by atoms with E-state index in [9.17, 15) is 13.6 Å². The third-order valence-corrected chi connectivity index (χ3v) is 5.64. The molecule has 1 saturated carbocycles. The van der Waals surface area contributed by atoms with E-state index in [0.29, 0.717) is 22.3 Å². The Kier molecular flexibility index (Phi) is 3.74. The summed E-state index contributed by atoms with van der Waals surface area (Å²) in [4.78, 5) is 15.2. The third-order valence-electron chi connectivity index (χ3n) is 5.26. The number of nitrogens with zero attached hydrogens (tertiary/aromatic N) is 1. The van der Waals surface area contributed by atoms with Gasteiger partial charge in [-0.05, 0) is 37.5 Å². The molecule has 1 aliphatic carbocycles. The molecule has 0 amide bonds. The van der Waals surface area contributed by atoms with E-state index in [2.05, 4.69) is 19.9 Å². The van der Waals surface area contributed by atoms with Gasteiger partial charge in [0.1, 0.15) is 5.60 Å². The standard InChI is InChI=1S/C19H14ClF2N3O3/c20-14-13-11(8-23-25-17(13)26)24-15(14)9-2-3-12(27-18(21)22)16-10(9)4-7-19(28-16)5-1-6-19/h2-4,7-8,18,24H,1,5-6H2,(H,25,26). The van der Waals surface area contributed by atoms with Gasteiger partial charge in [-0.15, -0.1) is 0 Å². The van der Waals surface area contributed by atoms with Crippen molar-refractivity contribution >= 4 is 28.6 Å². The summed E-state index contributed by atoms with van der Waals surface area (Å²) < 4.78 is 36.5. The zero-order valence-electron chi connectivity index (χ0n) is 14.4. The van der Waals surface area contributed by atoms with Gasteiger partial charge in [-0.2, -0.15) is 13.9 Å². The van der Waals surface area contributed by atoms with Gasteiger partial charge in [0.25, 0.3) is 5.56 Å². The number of rotatable bonds is 3. The van der Waals surface area contributed by atoms with Crippen LogP contribution in [0.4, 0.5) is 8.78 Å². The highest BCUT2D eigenvalue weighted by molar-refractivity contribution is 6.38. The summed E-state index contributed by atoms with van der Waals surface area (Å²) in [5, 5.41) is 6.61. The zero-order chi connectivity index (χ0) is 19.5. The average molecular weight is 406 g/mol. The fourth-order valence-corrected chi connectivity index (χ4v) is 4.07. The molecule has 2 aliphatic rings. The van der Waals surface area contributed by atoms with Gasteiger partial charge in [0.15, 0.2) is 11.5 Å². The van der Waals surface area contributed by atoms with Crippen molar-refractivity contribution in [3.8, 4) is 22.8 Å². The van der Waals surface area contributed by atoms with Crippen molar-refractivity contribution in [2.75, 3.05) is 0 Å². The Bertz CT molecular complexity index is 1180. The first kappa shape index (κ1) is 17.2. The van der Waals surface area contributed by atoms with Crippen LogP contribution < -0.4 is 15.0 Å². The summed E-state index contributed by atoms with van der Waals surface area (Å²) in [7, 11) is 0. The number of alkyl halides is 2. The van der Waals surface area contributed by atoms with Gasteiger partial charge in [-0.25, -0.2) is 5.10 Å². The van der Waals surface area contributed by atoms with Gasteiger partial charge >= 0.3 is 6.61 Å². The van der Waals surface area contributed by atoms with Crippen LogP contribution in [0.3, 0.4) is 0 Å². The van der Waals surface area contributed by atoms with Crippen LogP contribution in [-0.2, 0) is 0 Å². The quantitative estimate of drug-likeness (QED) is 0.672. The molecule has 1 aliphatic heterocycles. The van der Waals surface area contributed by atoms with Gasteiger partial charge in [-0.3, -0.25) is 4.79 Å². The predicted octanol–water partition coefficient (Wildman–Crippen LogP) is 4.50. The van der Waals surface area contributed by atoms with E-state index in [1.165, 1.54) is 12.3 Å². The van der Waals surface area contributed by atoms with E-state index >= 15 is 0 Å². The first-order chi connectivity index (χ1) is 13.5. The number of fused-ring (bicyclic) bond motifs is 2. The summed E-state index contributed by atoms with van der Waals surface area (Å²) in [6, 6.07) is 3.04. The lowest BCUT2D eigenvalue weighted by molar-refractivity contribution is -0.0549. The topological polar surface area (TPSA) is 80.0 Å². The van der Waals surface area contributed by atoms with E-state index in [4.69, 9.17) is 16.3 Å². The largest absolute Gasteiger partial charge is 0.479 e. The maximum Gasteiger partial charge on any atom is 0.387 e. The maximum atomic E-state index is 12.9. The zero-order valence-corrected chi connectivity index (χ0v) is 15.1. The second-order valence-corrected chi connectivity index (χ2v) is 7.27. The summed E-state index contributed by atoms with van der Waals surface area (Å²) in [5.74, 6) is 0.220. The van der Waals surface area contributed by atoms with E-state index < -0.39 is 17.8 Å². The highest BCUT2D eigenvalue weighted by Crippen LogP contribution is 2.50. The molecule has 3 aromatic rings. The highest BCUT2D eigenvalue weighted by Gasteiger charge is 2.41. The van der Waals surface area contributed by atoms with E-state index in [1.807, 2.05) is 12.2 Å². The number of aromatic nitrogens is 3. The van der Waals surface area contributed by atoms with Crippen LogP contribution in [0.25, 0.3) is 28.2 Å². The van der Waals surface area contributed by atoms with Crippen LogP contribution in [0.1, 0.15) is 24.8 Å². The van der Waals surface area contributed by atoms with Crippen LogP contribution in [-0.4, -0.2) is 27.4 Å². The number of hydrogen-bond donors (Lipinski definition) is 2. The molecule has 2 N–H and O–H groups in total. The van der Waals surface area contributed by atoms with Crippen molar-refractivity contribution < 1.29 is 18.3 Å². The van der Waals surface area contributed by atoms with Crippen LogP contribution in [0.5, 0.6) is 11.5 Å². The SMILES string of the molecule is O=c1[nH]ncc2[nH]c(-c3ccc(OC(F)F)c4c3C=CC3(CCC3)O4)c(Cl)c12. The van der Waals surface area contributed by atoms with Gasteiger partial charge < -0.3 is 14.5 Å². The third kappa shape index (κ3) is 2.51. The Morgan fingerprint density at radius 3 is 2.82 bits per heavy atom. The van der Waals surface area contributed by atoms with Crippen LogP contribution in [0, 0.1) is 0 Å². The van der Waals surface area contributed by atoms with Gasteiger partial charge in [-0.1, -0.05) is 17.7 Å². The predicted molar refractivity (Wildman–Crippen MR) is 100 cm³/mol. The molecule has 2 aromatic heterocycles. The fraction of sp³-hybridized carbons (Fsp3) is 0.263. The first-order valence-corrected chi connectivity index (χ1v) is 9.10. The van der Waals surface area contributed by atoms with Crippen molar-refractivity contribution in [2.24, 2.45) is 0 Å². The minimum Gasteiger partial charge on any atom is -0.479 e. The van der Waals surface area contributed by atoms with Crippen molar-refractivity contribution in [2.45, 2.75) is 31.5 Å². The van der Waals surface area contributed by atoms with Crippen LogP contribution in [0.15, 0.2) is 29.2 Å². The van der Waals surface area contributed by atoms with E-state index in [1.54, 1.807) is 6.07 Å². The molecular formula is C19H14ClF2N3O3. The first-order valence-electron chi connectivity index (χ1n) is 8.73. The van der Waals surface area contributed by atoms with Crippen molar-refractivity contribution in [1.82, 2.24) is 15.2 Å². The van der Waals surface area contributed by atoms with Gasteiger partial charge in [0, 0.05) is 11.1 Å². The molecule has 0 radical (unpaired) electrons. The number of nitrogens with one attached hydrogen (secondary N) is 2. The fourth-order valence-electron chi connectivity index (χ4n) is 3.73. The molecule has 6 nitrogen and oxygen atoms in total. The number of hydrogen-bond acceptors (Lipinski definition) is 4. The molecule has 0 bridgehead atoms. The van der Waals surface area contributed by atoms with Crippen molar-refractivity contribution in [3.63, 3.8) is 0 Å². The summed E-state index contributed by atoms with van der Waals surface area (Å²) in [5.41, 5.74) is 1.24. The number of ether oxygens (including phenoxy) is 2. The highest BCUT2D eigenvalue weighted by atomic mass is 35.5. The second-order valence-electron chi connectivity index (χ2n) is 6.89. The molecule has 28 heavy (non-hydrogen) atoms. The van der Waals surface area contributed by atoms with Crippen molar-refractivity contribution in [3.05, 3.63) is 45.3 Å². The number of aromatic amines is 2. The second kappa shape index (κ2) is 6.07. The Labute approximate surface area is 162 Å². The molecule has 1 fully saturated rings. The normalized spacial score (nSPS) is 16.9. The lowest BCUT2D eigenvalue weighted by Gasteiger charge is -2.42. The number of halogens is 3. The summed E-state index contributed by atoms with van der Waals surface area (Å²) in [6.07, 6.45) is 7.89. The molecule has 3 heterocycles. The Morgan fingerprint density at radius 1 is 1.32 bits per heavy atom. The molecule has 5 rings (SSSR count). The minimum atomic E-state index is -2.97. The van der Waals surface area contributed by atoms with Crippen LogP contribution >= 0.6 is 11.6 Å². The number of benzene rings is 1. The summed E-state index contributed by atoms with van der Waals surface area (Å²) >= 11 is 6.46. The summed E-state index contributed by atoms with van der Waals surface area (Å²) in [6.45, 7) is -2.97. The molecular weight excluding hydrogens is 392 g/mol. The molecule has 0 atom stereocenters. The smallest absolute Gasteiger partial charge is 0.387 e. The van der Waals surface area contributed by atoms with E-state index in [0.717, 1.165) is 19.3 Å².